The molecule has 2 aromatic rings. The molecule has 0 saturated heterocycles. The highest BCUT2D eigenvalue weighted by molar-refractivity contribution is 5.97. The Morgan fingerprint density at radius 1 is 1.17 bits per heavy atom. The van der Waals surface area contributed by atoms with Gasteiger partial charge in [0, 0.05) is 37.0 Å². The van der Waals surface area contributed by atoms with E-state index in [9.17, 15) is 14.4 Å². The minimum Gasteiger partial charge on any atom is -0.369 e. The van der Waals surface area contributed by atoms with Crippen molar-refractivity contribution in [3.63, 3.8) is 0 Å². The molecule has 35 heavy (non-hydrogen) atoms. The normalized spacial score (nSPS) is 29.5. The second-order valence-corrected chi connectivity index (χ2v) is 11.1. The lowest BCUT2D eigenvalue weighted by molar-refractivity contribution is -0.145. The van der Waals surface area contributed by atoms with Crippen LogP contribution in [0.3, 0.4) is 0 Å². The highest BCUT2D eigenvalue weighted by atomic mass is 16.2. The molecule has 2 atom stereocenters. The molecule has 3 amide bonds. The fraction of sp³-hybridized carbons (Fsp3) is 0.560. The summed E-state index contributed by atoms with van der Waals surface area (Å²) in [7, 11) is 0. The summed E-state index contributed by atoms with van der Waals surface area (Å²) < 4.78 is 3.20. The van der Waals surface area contributed by atoms with Crippen LogP contribution in [0.15, 0.2) is 30.7 Å². The number of hydrogen-bond acceptors (Lipinski definition) is 5. The molecular weight excluding hydrogens is 446 g/mol. The standard InChI is InChI=1S/C25H33N7O3/c1-15(33)30-24(2,3)5-8-32-22(31-7-4-6-27-31)19(14-28-32)21(34)29-20-17-9-16-10-18(20)13-25(11-16,12-17)23(26)35/h4-8,14,16-18,20H,9-13H2,1-3H3,(H2,26,35)(H,29,34)(H,30,33). The summed E-state index contributed by atoms with van der Waals surface area (Å²) in [5.74, 6) is 1.03. The molecule has 4 aliphatic rings. The molecule has 6 rings (SSSR count). The van der Waals surface area contributed by atoms with Gasteiger partial charge in [0.2, 0.25) is 11.8 Å². The Bertz CT molecular complexity index is 1160. The van der Waals surface area contributed by atoms with Crippen LogP contribution in [0.2, 0.25) is 0 Å². The average Bonchev–Trinajstić information content (AvgIpc) is 3.42. The SMILES string of the molecule is CC(=O)NC(C)(C)C=Cn1ncc(C(=O)NC2C3CC4CC2CC(C(N)=O)(C4)C3)c1-n1cccn1. The summed E-state index contributed by atoms with van der Waals surface area (Å²) in [6.45, 7) is 5.22. The number of carbonyl (C=O) groups excluding carboxylic acids is 3. The number of amides is 3. The third-order valence-electron chi connectivity index (χ3n) is 7.96. The largest absolute Gasteiger partial charge is 0.369 e. The monoisotopic (exact) mass is 479 g/mol. The van der Waals surface area contributed by atoms with Gasteiger partial charge in [-0.05, 0) is 75.8 Å². The summed E-state index contributed by atoms with van der Waals surface area (Å²) >= 11 is 0. The molecule has 186 valence electrons. The van der Waals surface area contributed by atoms with Crippen LogP contribution in [0.5, 0.6) is 0 Å². The van der Waals surface area contributed by atoms with E-state index in [-0.39, 0.29) is 35.6 Å². The Kier molecular flexibility index (Phi) is 5.56. The summed E-state index contributed by atoms with van der Waals surface area (Å²) in [6.07, 6.45) is 13.0. The number of aromatic nitrogens is 4. The van der Waals surface area contributed by atoms with Gasteiger partial charge in [0.15, 0.2) is 5.82 Å². The van der Waals surface area contributed by atoms with E-state index in [4.69, 9.17) is 5.73 Å². The van der Waals surface area contributed by atoms with E-state index in [1.54, 1.807) is 40.2 Å². The van der Waals surface area contributed by atoms with Crippen molar-refractivity contribution in [3.05, 3.63) is 36.3 Å². The van der Waals surface area contributed by atoms with Crippen molar-refractivity contribution in [2.24, 2.45) is 28.9 Å². The summed E-state index contributed by atoms with van der Waals surface area (Å²) in [5, 5.41) is 14.9. The van der Waals surface area contributed by atoms with Crippen LogP contribution in [0.4, 0.5) is 0 Å². The molecule has 0 aromatic carbocycles. The maximum atomic E-state index is 13.5. The summed E-state index contributed by atoms with van der Waals surface area (Å²) in [5.41, 5.74) is 5.23. The van der Waals surface area contributed by atoms with Crippen molar-refractivity contribution in [2.45, 2.75) is 64.5 Å². The third-order valence-corrected chi connectivity index (χ3v) is 7.96. The number of hydrogen-bond donors (Lipinski definition) is 3. The zero-order chi connectivity index (χ0) is 25.0. The quantitative estimate of drug-likeness (QED) is 0.557. The van der Waals surface area contributed by atoms with Crippen molar-refractivity contribution < 1.29 is 14.4 Å². The molecule has 4 fully saturated rings. The second-order valence-electron chi connectivity index (χ2n) is 11.1. The van der Waals surface area contributed by atoms with Gasteiger partial charge in [-0.2, -0.15) is 10.2 Å². The molecule has 4 aliphatic carbocycles. The molecule has 2 unspecified atom stereocenters. The van der Waals surface area contributed by atoms with Gasteiger partial charge >= 0.3 is 0 Å². The molecule has 4 N–H and O–H groups in total. The van der Waals surface area contributed by atoms with Gasteiger partial charge in [-0.15, -0.1) is 0 Å². The maximum absolute atomic E-state index is 13.5. The molecule has 0 radical (unpaired) electrons. The number of rotatable bonds is 7. The zero-order valence-corrected chi connectivity index (χ0v) is 20.4. The first kappa shape index (κ1) is 23.3. The van der Waals surface area contributed by atoms with Crippen molar-refractivity contribution in [1.82, 2.24) is 30.2 Å². The molecule has 0 spiro atoms. The van der Waals surface area contributed by atoms with Crippen molar-refractivity contribution in [2.75, 3.05) is 0 Å². The van der Waals surface area contributed by atoms with Gasteiger partial charge in [0.25, 0.3) is 5.91 Å². The minimum atomic E-state index is -0.599. The predicted octanol–water partition coefficient (Wildman–Crippen LogP) is 1.86. The molecular formula is C25H33N7O3. The minimum absolute atomic E-state index is 0.0228. The first-order valence-corrected chi connectivity index (χ1v) is 12.2. The van der Waals surface area contributed by atoms with E-state index in [2.05, 4.69) is 20.8 Å². The topological polar surface area (TPSA) is 137 Å². The number of nitrogens with zero attached hydrogens (tertiary/aromatic N) is 4. The van der Waals surface area contributed by atoms with Gasteiger partial charge < -0.3 is 16.4 Å². The highest BCUT2D eigenvalue weighted by Gasteiger charge is 2.58. The van der Waals surface area contributed by atoms with Crippen LogP contribution in [-0.4, -0.2) is 48.9 Å². The fourth-order valence-electron chi connectivity index (χ4n) is 6.79. The Labute approximate surface area is 204 Å². The molecule has 10 heteroatoms. The summed E-state index contributed by atoms with van der Waals surface area (Å²) in [4.78, 5) is 37.3. The van der Waals surface area contributed by atoms with Gasteiger partial charge in [-0.25, -0.2) is 9.36 Å². The van der Waals surface area contributed by atoms with Gasteiger partial charge in [-0.1, -0.05) is 0 Å². The fourth-order valence-corrected chi connectivity index (χ4v) is 6.79. The lowest BCUT2D eigenvalue weighted by Crippen LogP contribution is -2.62. The first-order valence-electron chi connectivity index (χ1n) is 12.2. The molecule has 10 nitrogen and oxygen atoms in total. The average molecular weight is 480 g/mol. The first-order chi connectivity index (χ1) is 16.6. The van der Waals surface area contributed by atoms with Crippen molar-refractivity contribution >= 4 is 23.9 Å². The van der Waals surface area contributed by atoms with E-state index in [1.807, 2.05) is 19.9 Å². The number of carbonyl (C=O) groups is 3. The van der Waals surface area contributed by atoms with Crippen molar-refractivity contribution in [1.29, 1.82) is 0 Å². The smallest absolute Gasteiger partial charge is 0.257 e. The predicted molar refractivity (Wildman–Crippen MR) is 129 cm³/mol. The van der Waals surface area contributed by atoms with Gasteiger partial charge in [0.1, 0.15) is 5.56 Å². The molecule has 2 aromatic heterocycles. The summed E-state index contributed by atoms with van der Waals surface area (Å²) in [6, 6.07) is 1.81. The Morgan fingerprint density at radius 2 is 1.89 bits per heavy atom. The molecule has 2 heterocycles. The molecule has 4 saturated carbocycles. The van der Waals surface area contributed by atoms with Gasteiger partial charge in [0.05, 0.1) is 11.7 Å². The van der Waals surface area contributed by atoms with Crippen LogP contribution in [0.1, 0.15) is 63.2 Å². The molecule has 0 aliphatic heterocycles. The van der Waals surface area contributed by atoms with Crippen LogP contribution in [0, 0.1) is 23.2 Å². The lowest BCUT2D eigenvalue weighted by atomic mass is 9.47. The Morgan fingerprint density at radius 3 is 2.49 bits per heavy atom. The van der Waals surface area contributed by atoms with Crippen LogP contribution in [0.25, 0.3) is 12.0 Å². The lowest BCUT2D eigenvalue weighted by Gasteiger charge is -2.58. The van der Waals surface area contributed by atoms with E-state index in [0.717, 1.165) is 32.1 Å². The van der Waals surface area contributed by atoms with Crippen LogP contribution in [-0.2, 0) is 9.59 Å². The van der Waals surface area contributed by atoms with Crippen LogP contribution >= 0.6 is 0 Å². The van der Waals surface area contributed by atoms with Crippen molar-refractivity contribution in [3.8, 4) is 5.82 Å². The van der Waals surface area contributed by atoms with E-state index >= 15 is 0 Å². The van der Waals surface area contributed by atoms with Gasteiger partial charge in [-0.3, -0.25) is 14.4 Å². The van der Waals surface area contributed by atoms with E-state index < -0.39 is 11.0 Å². The highest BCUT2D eigenvalue weighted by Crippen LogP contribution is 2.59. The maximum Gasteiger partial charge on any atom is 0.257 e. The van der Waals surface area contributed by atoms with E-state index in [0.29, 0.717) is 17.3 Å². The third kappa shape index (κ3) is 4.26. The Hall–Kier alpha value is -3.43. The zero-order valence-electron chi connectivity index (χ0n) is 20.4. The number of nitrogens with one attached hydrogen (secondary N) is 2. The Balaban J connectivity index is 1.40. The second kappa shape index (κ2) is 8.35. The van der Waals surface area contributed by atoms with Crippen LogP contribution < -0.4 is 16.4 Å². The number of nitrogens with two attached hydrogens (primary N) is 1. The molecule has 4 bridgehead atoms. The van der Waals surface area contributed by atoms with E-state index in [1.165, 1.54) is 6.92 Å². The number of primary amides is 1.